The topological polar surface area (TPSA) is 118 Å². The molecule has 208 valence electrons. The molecule has 1 saturated heterocycles. The van der Waals surface area contributed by atoms with E-state index in [0.29, 0.717) is 32.8 Å². The van der Waals surface area contributed by atoms with Crippen molar-refractivity contribution < 1.29 is 23.9 Å². The molecule has 0 saturated carbocycles. The zero-order valence-electron chi connectivity index (χ0n) is 22.1. The Bertz CT molecular complexity index is 1700. The van der Waals surface area contributed by atoms with Gasteiger partial charge in [0.25, 0.3) is 5.91 Å². The van der Waals surface area contributed by atoms with E-state index in [2.05, 4.69) is 10.3 Å². The van der Waals surface area contributed by atoms with Crippen LogP contribution in [0.4, 0.5) is 11.4 Å². The van der Waals surface area contributed by atoms with Crippen molar-refractivity contribution in [3.63, 3.8) is 0 Å². The third-order valence-corrected chi connectivity index (χ3v) is 9.48. The summed E-state index contributed by atoms with van der Waals surface area (Å²) in [7, 11) is 1.57. The number of ether oxygens (including phenoxy) is 2. The zero-order chi connectivity index (χ0) is 28.7. The van der Waals surface area contributed by atoms with Crippen molar-refractivity contribution >= 4 is 52.2 Å². The molecule has 0 radical (unpaired) electrons. The monoisotopic (exact) mass is 587 g/mol. The number of H-pyrrole nitrogens is 1. The van der Waals surface area contributed by atoms with Crippen LogP contribution in [0, 0.1) is 12.8 Å². The van der Waals surface area contributed by atoms with Gasteiger partial charge in [-0.2, -0.15) is 0 Å². The first kappa shape index (κ1) is 26.9. The molecule has 2 unspecified atom stereocenters. The van der Waals surface area contributed by atoms with Gasteiger partial charge < -0.3 is 19.8 Å². The Kier molecular flexibility index (Phi) is 7.14. The number of imide groups is 1. The third kappa shape index (κ3) is 5.14. The number of hydrogen-bond acceptors (Lipinski definition) is 8. The van der Waals surface area contributed by atoms with Crippen molar-refractivity contribution in [2.45, 2.75) is 23.1 Å². The molecule has 3 aromatic carbocycles. The number of nitrogens with one attached hydrogen (secondary N) is 2. The molecule has 4 aromatic rings. The van der Waals surface area contributed by atoms with Crippen molar-refractivity contribution in [2.75, 3.05) is 23.9 Å². The molecule has 3 amide bonds. The largest absolute Gasteiger partial charge is 0.497 e. The van der Waals surface area contributed by atoms with Gasteiger partial charge in [-0.1, -0.05) is 52.9 Å². The second kappa shape index (κ2) is 10.9. The number of amides is 3. The van der Waals surface area contributed by atoms with Crippen LogP contribution in [0.5, 0.6) is 11.5 Å². The van der Waals surface area contributed by atoms with Crippen LogP contribution in [0.3, 0.4) is 0 Å². The van der Waals surface area contributed by atoms with E-state index < -0.39 is 17.1 Å². The summed E-state index contributed by atoms with van der Waals surface area (Å²) in [6.45, 7) is 1.71. The van der Waals surface area contributed by atoms with Gasteiger partial charge in [-0.05, 0) is 61.0 Å². The number of carbonyl (C=O) groups is 3. The van der Waals surface area contributed by atoms with Crippen LogP contribution in [-0.4, -0.2) is 41.7 Å². The van der Waals surface area contributed by atoms with Crippen LogP contribution in [-0.2, 0) is 14.4 Å². The highest BCUT2D eigenvalue weighted by atomic mass is 32.2. The van der Waals surface area contributed by atoms with E-state index in [1.54, 1.807) is 61.7 Å². The number of aromatic amines is 1. The Hall–Kier alpha value is -4.35. The molecule has 2 N–H and O–H groups in total. The van der Waals surface area contributed by atoms with Crippen LogP contribution < -0.4 is 24.6 Å². The Morgan fingerprint density at radius 1 is 0.976 bits per heavy atom. The molecule has 11 heteroatoms. The van der Waals surface area contributed by atoms with Gasteiger partial charge in [0, 0.05) is 16.5 Å². The van der Waals surface area contributed by atoms with Gasteiger partial charge in [0.05, 0.1) is 23.7 Å². The molecule has 2 aliphatic rings. The number of thioether (sulfide) groups is 1. The molecule has 0 bridgehead atoms. The second-order valence-electron chi connectivity index (χ2n) is 9.74. The van der Waals surface area contributed by atoms with E-state index in [-0.39, 0.29) is 29.2 Å². The predicted octanol–water partition coefficient (Wildman–Crippen LogP) is 4.57. The van der Waals surface area contributed by atoms with Crippen LogP contribution in [0.25, 0.3) is 0 Å². The zero-order valence-corrected chi connectivity index (χ0v) is 23.7. The SMILES string of the molecule is COc1ccc(NC(=O)COc2cccc([C@H]3c4sc(=O)[nH]c4SC4C(=O)N(c5ccc(C)cc5)C(=O)C43)c2)cc1. The Labute approximate surface area is 243 Å². The summed E-state index contributed by atoms with van der Waals surface area (Å²) in [5, 5.41) is 2.69. The third-order valence-electron chi connectivity index (χ3n) is 7.08. The molecule has 6 rings (SSSR count). The molecule has 41 heavy (non-hydrogen) atoms. The number of aromatic nitrogens is 1. The van der Waals surface area contributed by atoms with Crippen molar-refractivity contribution in [2.24, 2.45) is 5.92 Å². The summed E-state index contributed by atoms with van der Waals surface area (Å²) in [5.41, 5.74) is 2.87. The minimum Gasteiger partial charge on any atom is -0.497 e. The molecule has 0 spiro atoms. The number of methoxy groups -OCH3 is 1. The van der Waals surface area contributed by atoms with E-state index >= 15 is 0 Å². The fourth-order valence-electron chi connectivity index (χ4n) is 5.14. The lowest BCUT2D eigenvalue weighted by molar-refractivity contribution is -0.122. The van der Waals surface area contributed by atoms with Gasteiger partial charge >= 0.3 is 4.87 Å². The summed E-state index contributed by atoms with van der Waals surface area (Å²) in [5.74, 6) is -1.09. The van der Waals surface area contributed by atoms with Crippen LogP contribution >= 0.6 is 23.1 Å². The summed E-state index contributed by atoms with van der Waals surface area (Å²) < 4.78 is 10.9. The maximum Gasteiger partial charge on any atom is 0.305 e. The smallest absolute Gasteiger partial charge is 0.305 e. The maximum absolute atomic E-state index is 13.9. The molecule has 3 atom stereocenters. The lowest BCUT2D eigenvalue weighted by Gasteiger charge is -2.30. The summed E-state index contributed by atoms with van der Waals surface area (Å²) in [6, 6.07) is 21.3. The van der Waals surface area contributed by atoms with Gasteiger partial charge in [0.2, 0.25) is 11.8 Å². The van der Waals surface area contributed by atoms with Crippen molar-refractivity contribution in [3.8, 4) is 11.5 Å². The number of nitrogens with zero attached hydrogens (tertiary/aromatic N) is 1. The highest BCUT2D eigenvalue weighted by molar-refractivity contribution is 8.00. The van der Waals surface area contributed by atoms with Gasteiger partial charge in [-0.25, -0.2) is 4.90 Å². The molecule has 3 heterocycles. The van der Waals surface area contributed by atoms with Crippen LogP contribution in [0.15, 0.2) is 82.6 Å². The Morgan fingerprint density at radius 3 is 2.46 bits per heavy atom. The maximum atomic E-state index is 13.9. The molecule has 9 nitrogen and oxygen atoms in total. The summed E-state index contributed by atoms with van der Waals surface area (Å²) in [6.07, 6.45) is 0. The second-order valence-corrected chi connectivity index (χ2v) is 11.9. The fourth-order valence-corrected chi connectivity index (χ4v) is 7.66. The van der Waals surface area contributed by atoms with Crippen LogP contribution in [0.1, 0.15) is 21.9 Å². The number of fused-ring (bicyclic) bond motifs is 2. The Balaban J connectivity index is 1.26. The fraction of sp³-hybridized carbons (Fsp3) is 0.200. The normalized spacial score (nSPS) is 19.5. The molecular formula is C30H25N3O6S2. The van der Waals surface area contributed by atoms with E-state index in [1.165, 1.54) is 16.7 Å². The van der Waals surface area contributed by atoms with Gasteiger partial charge in [-0.3, -0.25) is 19.2 Å². The first-order valence-corrected chi connectivity index (χ1v) is 14.5. The van der Waals surface area contributed by atoms with Gasteiger partial charge in [-0.15, -0.1) is 0 Å². The highest BCUT2D eigenvalue weighted by Gasteiger charge is 2.56. The minimum atomic E-state index is -0.707. The molecular weight excluding hydrogens is 562 g/mol. The van der Waals surface area contributed by atoms with E-state index in [0.717, 1.165) is 22.5 Å². The first-order valence-electron chi connectivity index (χ1n) is 12.8. The standard InChI is InChI=1S/C30H25N3O6S2/c1-16-6-10-19(11-7-16)33-28(35)24-23(25-27(32-30(37)41-25)40-26(24)29(33)36)17-4-3-5-21(14-17)39-15-22(34)31-18-8-12-20(38-2)13-9-18/h3-14,23-24,26H,15H2,1-2H3,(H,31,34)(H,32,37)/t23-,24?,26?/m1/s1. The average molecular weight is 588 g/mol. The molecule has 1 aromatic heterocycles. The first-order chi connectivity index (χ1) is 19.8. The number of carbonyl (C=O) groups excluding carboxylic acids is 3. The number of anilines is 2. The van der Waals surface area contributed by atoms with E-state index in [9.17, 15) is 19.2 Å². The lowest BCUT2D eigenvalue weighted by Crippen LogP contribution is -2.32. The quantitative estimate of drug-likeness (QED) is 0.304. The minimum absolute atomic E-state index is 0.233. The molecule has 0 aliphatic carbocycles. The highest BCUT2D eigenvalue weighted by Crippen LogP contribution is 2.53. The number of benzene rings is 3. The molecule has 2 aliphatic heterocycles. The van der Waals surface area contributed by atoms with Gasteiger partial charge in [0.1, 0.15) is 16.7 Å². The number of rotatable bonds is 7. The van der Waals surface area contributed by atoms with Crippen LogP contribution in [0.2, 0.25) is 0 Å². The number of hydrogen-bond donors (Lipinski definition) is 2. The van der Waals surface area contributed by atoms with E-state index in [1.807, 2.05) is 25.1 Å². The molecule has 1 fully saturated rings. The number of aryl methyl sites for hydroxylation is 1. The van der Waals surface area contributed by atoms with Gasteiger partial charge in [0.15, 0.2) is 6.61 Å². The van der Waals surface area contributed by atoms with Crippen molar-refractivity contribution in [1.29, 1.82) is 0 Å². The Morgan fingerprint density at radius 2 is 1.73 bits per heavy atom. The number of thiazole rings is 1. The lowest BCUT2D eigenvalue weighted by atomic mass is 9.83. The van der Waals surface area contributed by atoms with Crippen molar-refractivity contribution in [1.82, 2.24) is 4.98 Å². The average Bonchev–Trinajstić information content (AvgIpc) is 3.47. The summed E-state index contributed by atoms with van der Waals surface area (Å²) in [4.78, 5) is 56.9. The summed E-state index contributed by atoms with van der Waals surface area (Å²) >= 11 is 2.28. The predicted molar refractivity (Wildman–Crippen MR) is 157 cm³/mol. The van der Waals surface area contributed by atoms with E-state index in [4.69, 9.17) is 9.47 Å². The van der Waals surface area contributed by atoms with Crippen molar-refractivity contribution in [3.05, 3.63) is 98.5 Å².